The van der Waals surface area contributed by atoms with E-state index in [1.165, 1.54) is 0 Å². The number of carbonyl (C=O) groups is 2. The third-order valence-corrected chi connectivity index (χ3v) is 11.4. The monoisotopic (exact) mass is 738 g/mol. The molecule has 3 saturated heterocycles. The lowest BCUT2D eigenvalue weighted by molar-refractivity contribution is -0.157. The van der Waals surface area contributed by atoms with E-state index < -0.39 is 0 Å². The summed E-state index contributed by atoms with van der Waals surface area (Å²) in [6.45, 7) is 7.33. The lowest BCUT2D eigenvalue weighted by Crippen LogP contribution is -2.72. The minimum absolute atomic E-state index is 0.101. The van der Waals surface area contributed by atoms with Gasteiger partial charge in [0.2, 0.25) is 17.7 Å². The van der Waals surface area contributed by atoms with E-state index in [1.807, 2.05) is 59.1 Å². The molecule has 11 nitrogen and oxygen atoms in total. The van der Waals surface area contributed by atoms with Gasteiger partial charge in [0.15, 0.2) is 0 Å². The molecule has 8 rings (SSSR count). The molecule has 13 heteroatoms. The minimum Gasteiger partial charge on any atom is -0.481 e. The molecule has 2 amide bonds. The van der Waals surface area contributed by atoms with Crippen LogP contribution in [0.2, 0.25) is 10.0 Å². The second kappa shape index (κ2) is 13.8. The lowest BCUT2D eigenvalue weighted by atomic mass is 9.72. The molecule has 268 valence electrons. The summed E-state index contributed by atoms with van der Waals surface area (Å²) in [4.78, 5) is 37.0. The van der Waals surface area contributed by atoms with Crippen molar-refractivity contribution in [2.45, 2.75) is 38.9 Å². The van der Waals surface area contributed by atoms with Crippen molar-refractivity contribution in [3.63, 3.8) is 0 Å². The number of aryl methyl sites for hydroxylation is 1. The maximum absolute atomic E-state index is 11.7. The molecule has 1 unspecified atom stereocenters. The van der Waals surface area contributed by atoms with Crippen LogP contribution in [-0.2, 0) is 29.7 Å². The fourth-order valence-corrected chi connectivity index (χ4v) is 8.59. The largest absolute Gasteiger partial charge is 0.481 e. The zero-order valence-electron chi connectivity index (χ0n) is 29.4. The smallest absolute Gasteiger partial charge is 0.220 e. The number of carbonyl (C=O) groups excluding carboxylic acids is 2. The number of rotatable bonds is 10. The topological polar surface area (TPSA) is 118 Å². The van der Waals surface area contributed by atoms with Crippen molar-refractivity contribution < 1.29 is 14.3 Å². The number of fused-ring (bicyclic) bond motifs is 1. The van der Waals surface area contributed by atoms with Gasteiger partial charge in [0.25, 0.3) is 0 Å². The number of hydrogen-bond donors (Lipinski definition) is 2. The molecule has 0 aliphatic carbocycles. The Bertz CT molecular complexity index is 2210. The molecule has 3 aliphatic heterocycles. The van der Waals surface area contributed by atoms with Crippen LogP contribution in [0.1, 0.15) is 31.0 Å². The standard InChI is InChI=1S/C39H40Cl2N8O3/c1-23(50)49-21-39(22-49)19-48(20-39)18-32-29-10-7-24(15-33(29)47(2)46-32)37-36(41)28(13-14-43-37)27-5-4-6-30(35(27)40)31-11-8-25(38(45-31)52-3)16-42-17-26-9-12-34(51)44-26/h4-8,10-11,13-15,26,42H,9,12,16-22H2,1-3H3,(H,44,51). The van der Waals surface area contributed by atoms with Crippen molar-refractivity contribution in [3.8, 4) is 39.5 Å². The summed E-state index contributed by atoms with van der Waals surface area (Å²) in [6.07, 6.45) is 3.17. The van der Waals surface area contributed by atoms with E-state index in [0.717, 1.165) is 83.6 Å². The average Bonchev–Trinajstić information content (AvgIpc) is 3.66. The van der Waals surface area contributed by atoms with E-state index in [-0.39, 0.29) is 23.3 Å². The number of nitrogens with one attached hydrogen (secondary N) is 2. The molecule has 2 N–H and O–H groups in total. The van der Waals surface area contributed by atoms with Gasteiger partial charge in [-0.05, 0) is 24.6 Å². The number of methoxy groups -OCH3 is 1. The Morgan fingerprint density at radius 3 is 2.58 bits per heavy atom. The summed E-state index contributed by atoms with van der Waals surface area (Å²) in [5.74, 6) is 0.767. The average molecular weight is 740 g/mol. The van der Waals surface area contributed by atoms with Gasteiger partial charge in [-0.25, -0.2) is 4.98 Å². The van der Waals surface area contributed by atoms with Gasteiger partial charge in [-0.15, -0.1) is 0 Å². The molecule has 0 radical (unpaired) electrons. The van der Waals surface area contributed by atoms with Gasteiger partial charge < -0.3 is 20.3 Å². The maximum Gasteiger partial charge on any atom is 0.220 e. The molecule has 2 aromatic carbocycles. The summed E-state index contributed by atoms with van der Waals surface area (Å²) >= 11 is 14.3. The fourth-order valence-electron chi connectivity index (χ4n) is 7.94. The van der Waals surface area contributed by atoms with Crippen LogP contribution in [0.3, 0.4) is 0 Å². The van der Waals surface area contributed by atoms with E-state index in [1.54, 1.807) is 20.2 Å². The Morgan fingerprint density at radius 2 is 1.83 bits per heavy atom. The number of nitrogens with zero attached hydrogens (tertiary/aromatic N) is 6. The Hall–Kier alpha value is -4.55. The molecule has 5 aromatic rings. The van der Waals surface area contributed by atoms with Crippen molar-refractivity contribution in [1.82, 2.24) is 40.2 Å². The quantitative estimate of drug-likeness (QED) is 0.187. The van der Waals surface area contributed by atoms with E-state index in [0.29, 0.717) is 46.8 Å². The maximum atomic E-state index is 11.7. The number of halogens is 2. The third kappa shape index (κ3) is 6.40. The summed E-state index contributed by atoms with van der Waals surface area (Å²) in [5, 5.41) is 13.4. The van der Waals surface area contributed by atoms with Crippen LogP contribution in [0, 0.1) is 5.41 Å². The Balaban J connectivity index is 1.01. The number of benzene rings is 2. The molecule has 52 heavy (non-hydrogen) atoms. The second-order valence-electron chi connectivity index (χ2n) is 14.3. The molecule has 0 bridgehead atoms. The van der Waals surface area contributed by atoms with Gasteiger partial charge in [0.1, 0.15) is 0 Å². The number of ether oxygens (including phenoxy) is 1. The van der Waals surface area contributed by atoms with Crippen molar-refractivity contribution in [3.05, 3.63) is 82.1 Å². The van der Waals surface area contributed by atoms with Crippen molar-refractivity contribution in [1.29, 1.82) is 0 Å². The zero-order valence-corrected chi connectivity index (χ0v) is 30.9. The van der Waals surface area contributed by atoms with Crippen LogP contribution >= 0.6 is 23.2 Å². The number of likely N-dealkylation sites (tertiary alicyclic amines) is 2. The third-order valence-electron chi connectivity index (χ3n) is 10.6. The molecule has 3 fully saturated rings. The molecule has 6 heterocycles. The van der Waals surface area contributed by atoms with E-state index in [2.05, 4.69) is 27.7 Å². The molecule has 0 saturated carbocycles. The summed E-state index contributed by atoms with van der Waals surface area (Å²) in [5.41, 5.74) is 7.71. The Kier molecular flexibility index (Phi) is 9.15. The van der Waals surface area contributed by atoms with Crippen molar-refractivity contribution in [2.75, 3.05) is 39.8 Å². The predicted octanol–water partition coefficient (Wildman–Crippen LogP) is 5.71. The van der Waals surface area contributed by atoms with Gasteiger partial charge in [0, 0.05) is 117 Å². The van der Waals surface area contributed by atoms with E-state index in [4.69, 9.17) is 43.0 Å². The lowest BCUT2D eigenvalue weighted by Gasteiger charge is -2.60. The first-order valence-corrected chi connectivity index (χ1v) is 18.3. The summed E-state index contributed by atoms with van der Waals surface area (Å²) < 4.78 is 7.58. The summed E-state index contributed by atoms with van der Waals surface area (Å²) in [7, 11) is 3.57. The SMILES string of the molecule is COc1nc(-c2cccc(-c3ccnc(-c4ccc5c(CN6CC7(C6)CN(C(C)=O)C7)nn(C)c5c4)c3Cl)c2Cl)ccc1CNCC1CCC(=O)N1. The van der Waals surface area contributed by atoms with E-state index >= 15 is 0 Å². The van der Waals surface area contributed by atoms with Gasteiger partial charge in [-0.1, -0.05) is 59.6 Å². The van der Waals surface area contributed by atoms with Crippen molar-refractivity contribution in [2.24, 2.45) is 12.5 Å². The molecule has 3 aromatic heterocycles. The zero-order chi connectivity index (χ0) is 36.1. The molecule has 1 spiro atoms. The normalized spacial score (nSPS) is 18.1. The van der Waals surface area contributed by atoms with E-state index in [9.17, 15) is 9.59 Å². The van der Waals surface area contributed by atoms with Crippen LogP contribution < -0.4 is 15.4 Å². The molecular weight excluding hydrogens is 699 g/mol. The Morgan fingerprint density at radius 1 is 1.04 bits per heavy atom. The fraction of sp³-hybridized carbons (Fsp3) is 0.359. The second-order valence-corrected chi connectivity index (χ2v) is 15.1. The predicted molar refractivity (Wildman–Crippen MR) is 202 cm³/mol. The highest BCUT2D eigenvalue weighted by molar-refractivity contribution is 6.39. The van der Waals surface area contributed by atoms with Crippen LogP contribution in [0.4, 0.5) is 0 Å². The first-order chi connectivity index (χ1) is 25.1. The van der Waals surface area contributed by atoms with Crippen LogP contribution in [0.5, 0.6) is 5.88 Å². The van der Waals surface area contributed by atoms with Gasteiger partial charge >= 0.3 is 0 Å². The highest BCUT2D eigenvalue weighted by Crippen LogP contribution is 2.43. The highest BCUT2D eigenvalue weighted by Gasteiger charge is 2.52. The van der Waals surface area contributed by atoms with Crippen LogP contribution in [-0.4, -0.2) is 87.2 Å². The number of aromatic nitrogens is 4. The molecule has 3 aliphatic rings. The molecular formula is C39H40Cl2N8O3. The van der Waals surface area contributed by atoms with Crippen LogP contribution in [0.25, 0.3) is 44.5 Å². The minimum atomic E-state index is 0.101. The Labute approximate surface area is 312 Å². The first-order valence-electron chi connectivity index (χ1n) is 17.5. The van der Waals surface area contributed by atoms with Gasteiger partial charge in [-0.2, -0.15) is 5.10 Å². The molecule has 1 atom stereocenters. The number of pyridine rings is 2. The van der Waals surface area contributed by atoms with Gasteiger partial charge in [0.05, 0.1) is 39.8 Å². The van der Waals surface area contributed by atoms with Crippen LogP contribution in [0.15, 0.2) is 60.8 Å². The number of hydrogen-bond acceptors (Lipinski definition) is 8. The summed E-state index contributed by atoms with van der Waals surface area (Å²) in [6, 6.07) is 18.0. The first kappa shape index (κ1) is 34.5. The van der Waals surface area contributed by atoms with Gasteiger partial charge in [-0.3, -0.25) is 24.2 Å². The highest BCUT2D eigenvalue weighted by atomic mass is 35.5. The number of amides is 2. The van der Waals surface area contributed by atoms with Crippen molar-refractivity contribution >= 4 is 45.9 Å².